The minimum atomic E-state index is -0.344. The normalized spacial score (nSPS) is 11.1. The van der Waals surface area contributed by atoms with Crippen LogP contribution in [0.3, 0.4) is 0 Å². The Morgan fingerprint density at radius 2 is 1.61 bits per heavy atom. The lowest BCUT2D eigenvalue weighted by molar-refractivity contribution is -0.123. The highest BCUT2D eigenvalue weighted by Crippen LogP contribution is 2.27. The molecule has 0 radical (unpaired) electrons. The summed E-state index contributed by atoms with van der Waals surface area (Å²) in [7, 11) is 0. The van der Waals surface area contributed by atoms with Gasteiger partial charge in [-0.15, -0.1) is 0 Å². The smallest absolute Gasteiger partial charge is 0.277 e. The fourth-order valence-electron chi connectivity index (χ4n) is 3.78. The Hall–Kier alpha value is -4.06. The maximum Gasteiger partial charge on any atom is 0.277 e. The number of hydrazone groups is 1. The molecule has 0 aliphatic heterocycles. The summed E-state index contributed by atoms with van der Waals surface area (Å²) < 4.78 is 13.4. The van der Waals surface area contributed by atoms with Crippen LogP contribution in [0.1, 0.15) is 23.7 Å². The zero-order valence-electron chi connectivity index (χ0n) is 18.8. The molecule has 0 atom stereocenters. The molecule has 4 aromatic rings. The van der Waals surface area contributed by atoms with Gasteiger partial charge >= 0.3 is 0 Å². The average Bonchev–Trinajstić information content (AvgIpc) is 3.10. The topological polar surface area (TPSA) is 64.8 Å². The first kappa shape index (κ1) is 22.1. The van der Waals surface area contributed by atoms with Crippen LogP contribution >= 0.6 is 0 Å². The van der Waals surface area contributed by atoms with E-state index in [0.29, 0.717) is 18.1 Å². The highest BCUT2D eigenvalue weighted by atomic mass is 16.5. The number of benzene rings is 3. The molecule has 168 valence electrons. The number of carbonyl (C=O) groups is 1. The molecule has 1 heterocycles. The molecule has 0 saturated heterocycles. The molecule has 4 rings (SSSR count). The van der Waals surface area contributed by atoms with Gasteiger partial charge in [0.05, 0.1) is 12.8 Å². The van der Waals surface area contributed by atoms with Crippen molar-refractivity contribution in [3.8, 4) is 11.5 Å². The van der Waals surface area contributed by atoms with Gasteiger partial charge in [-0.3, -0.25) is 4.79 Å². The molecular formula is C27H27N3O3. The monoisotopic (exact) mass is 441 g/mol. The Labute approximate surface area is 193 Å². The van der Waals surface area contributed by atoms with Crippen molar-refractivity contribution in [1.82, 2.24) is 9.99 Å². The summed E-state index contributed by atoms with van der Waals surface area (Å²) in [4.78, 5) is 12.3. The molecule has 3 aromatic carbocycles. The van der Waals surface area contributed by atoms with E-state index in [4.69, 9.17) is 9.47 Å². The Morgan fingerprint density at radius 3 is 2.36 bits per heavy atom. The van der Waals surface area contributed by atoms with E-state index < -0.39 is 0 Å². The third-order valence-electron chi connectivity index (χ3n) is 5.35. The fraction of sp³-hybridized carbons (Fsp3) is 0.185. The van der Waals surface area contributed by atoms with Crippen molar-refractivity contribution in [2.45, 2.75) is 20.4 Å². The Balaban J connectivity index is 1.46. The van der Waals surface area contributed by atoms with Crippen LogP contribution in [-0.2, 0) is 11.3 Å². The maximum absolute atomic E-state index is 12.3. The standard InChI is InChI=1S/C27H27N3O3/c1-3-32-25-15-9-10-16-26(25)33-19-27(31)29-28-17-23-20(2)30(18-21-11-5-4-6-12-21)24-14-8-7-13-22(23)24/h4-17H,3,18-19H2,1-2H3,(H,29,31)/b28-17+. The van der Waals surface area contributed by atoms with Gasteiger partial charge in [0.25, 0.3) is 5.91 Å². The number of rotatable bonds is 9. The minimum absolute atomic E-state index is 0.157. The van der Waals surface area contributed by atoms with Crippen molar-refractivity contribution >= 4 is 23.0 Å². The summed E-state index contributed by atoms with van der Waals surface area (Å²) in [5.74, 6) is 0.791. The zero-order valence-corrected chi connectivity index (χ0v) is 18.8. The van der Waals surface area contributed by atoms with Crippen LogP contribution in [-0.4, -0.2) is 29.9 Å². The van der Waals surface area contributed by atoms with Crippen LogP contribution in [0.25, 0.3) is 10.9 Å². The van der Waals surface area contributed by atoms with Crippen molar-refractivity contribution < 1.29 is 14.3 Å². The quantitative estimate of drug-likeness (QED) is 0.296. The number of nitrogens with one attached hydrogen (secondary N) is 1. The molecular weight excluding hydrogens is 414 g/mol. The number of hydrogen-bond acceptors (Lipinski definition) is 4. The van der Waals surface area contributed by atoms with Crippen LogP contribution in [0.4, 0.5) is 0 Å². The molecule has 1 aromatic heterocycles. The Bertz CT molecular complexity index is 1260. The number of para-hydroxylation sites is 3. The van der Waals surface area contributed by atoms with E-state index in [1.165, 1.54) is 5.56 Å². The molecule has 0 unspecified atom stereocenters. The van der Waals surface area contributed by atoms with Gasteiger partial charge in [-0.1, -0.05) is 60.7 Å². The number of aromatic nitrogens is 1. The molecule has 0 spiro atoms. The molecule has 6 heteroatoms. The summed E-state index contributed by atoms with van der Waals surface area (Å²) in [6, 6.07) is 25.8. The number of fused-ring (bicyclic) bond motifs is 1. The van der Waals surface area contributed by atoms with Gasteiger partial charge < -0.3 is 14.0 Å². The first-order valence-corrected chi connectivity index (χ1v) is 11.0. The third kappa shape index (κ3) is 5.23. The van der Waals surface area contributed by atoms with Gasteiger partial charge in [-0.2, -0.15) is 5.10 Å². The van der Waals surface area contributed by atoms with Crippen LogP contribution < -0.4 is 14.9 Å². The van der Waals surface area contributed by atoms with Gasteiger partial charge in [-0.05, 0) is 37.6 Å². The first-order valence-electron chi connectivity index (χ1n) is 11.0. The lowest BCUT2D eigenvalue weighted by atomic mass is 10.1. The summed E-state index contributed by atoms with van der Waals surface area (Å²) in [5.41, 5.74) is 6.97. The summed E-state index contributed by atoms with van der Waals surface area (Å²) in [6.45, 7) is 5.10. The van der Waals surface area contributed by atoms with E-state index in [1.807, 2.05) is 55.5 Å². The molecule has 6 nitrogen and oxygen atoms in total. The van der Waals surface area contributed by atoms with E-state index in [0.717, 1.165) is 28.7 Å². The zero-order chi connectivity index (χ0) is 23.0. The SMILES string of the molecule is CCOc1ccccc1OCC(=O)N/N=C/c1c(C)n(Cc2ccccc2)c2ccccc12. The van der Waals surface area contributed by atoms with E-state index >= 15 is 0 Å². The molecule has 0 saturated carbocycles. The summed E-state index contributed by atoms with van der Waals surface area (Å²) >= 11 is 0. The number of amides is 1. The van der Waals surface area contributed by atoms with Crippen molar-refractivity contribution in [3.63, 3.8) is 0 Å². The highest BCUT2D eigenvalue weighted by molar-refractivity contribution is 6.01. The second-order valence-electron chi connectivity index (χ2n) is 7.55. The van der Waals surface area contributed by atoms with Crippen LogP contribution in [0.15, 0.2) is 84.0 Å². The molecule has 1 N–H and O–H groups in total. The summed E-state index contributed by atoms with van der Waals surface area (Å²) in [5, 5.41) is 5.28. The van der Waals surface area contributed by atoms with E-state index in [-0.39, 0.29) is 12.5 Å². The molecule has 0 bridgehead atoms. The van der Waals surface area contributed by atoms with Crippen molar-refractivity contribution in [2.24, 2.45) is 5.10 Å². The van der Waals surface area contributed by atoms with Gasteiger partial charge in [0.15, 0.2) is 18.1 Å². The average molecular weight is 442 g/mol. The molecule has 0 aliphatic rings. The number of hydrogen-bond donors (Lipinski definition) is 1. The van der Waals surface area contributed by atoms with Crippen molar-refractivity contribution in [2.75, 3.05) is 13.2 Å². The number of ether oxygens (including phenoxy) is 2. The Morgan fingerprint density at radius 1 is 0.939 bits per heavy atom. The third-order valence-corrected chi connectivity index (χ3v) is 5.35. The van der Waals surface area contributed by atoms with Gasteiger partial charge in [0, 0.05) is 28.7 Å². The van der Waals surface area contributed by atoms with E-state index in [9.17, 15) is 4.79 Å². The fourth-order valence-corrected chi connectivity index (χ4v) is 3.78. The van der Waals surface area contributed by atoms with Crippen LogP contribution in [0.2, 0.25) is 0 Å². The van der Waals surface area contributed by atoms with Crippen molar-refractivity contribution in [3.05, 3.63) is 95.7 Å². The molecule has 0 aliphatic carbocycles. The van der Waals surface area contributed by atoms with Gasteiger partial charge in [-0.25, -0.2) is 5.43 Å². The lowest BCUT2D eigenvalue weighted by Crippen LogP contribution is -2.24. The van der Waals surface area contributed by atoms with Gasteiger partial charge in [0.2, 0.25) is 0 Å². The minimum Gasteiger partial charge on any atom is -0.490 e. The Kier molecular flexibility index (Phi) is 7.05. The lowest BCUT2D eigenvalue weighted by Gasteiger charge is -2.10. The largest absolute Gasteiger partial charge is 0.490 e. The molecule has 1 amide bonds. The predicted octanol–water partition coefficient (Wildman–Crippen LogP) is 4.93. The number of nitrogens with zero attached hydrogens (tertiary/aromatic N) is 2. The van der Waals surface area contributed by atoms with Crippen LogP contribution in [0, 0.1) is 6.92 Å². The maximum atomic E-state index is 12.3. The number of carbonyl (C=O) groups excluding carboxylic acids is 1. The highest BCUT2D eigenvalue weighted by Gasteiger charge is 2.13. The first-order chi connectivity index (χ1) is 16.2. The van der Waals surface area contributed by atoms with E-state index in [2.05, 4.69) is 46.3 Å². The molecule has 0 fully saturated rings. The second kappa shape index (κ2) is 10.5. The van der Waals surface area contributed by atoms with E-state index in [1.54, 1.807) is 12.3 Å². The van der Waals surface area contributed by atoms with Gasteiger partial charge in [0.1, 0.15) is 0 Å². The van der Waals surface area contributed by atoms with Crippen molar-refractivity contribution in [1.29, 1.82) is 0 Å². The second-order valence-corrected chi connectivity index (χ2v) is 7.55. The molecule has 33 heavy (non-hydrogen) atoms. The summed E-state index contributed by atoms with van der Waals surface area (Å²) in [6.07, 6.45) is 1.70. The van der Waals surface area contributed by atoms with Crippen LogP contribution in [0.5, 0.6) is 11.5 Å². The predicted molar refractivity (Wildman–Crippen MR) is 131 cm³/mol.